The molecule has 1 spiro atoms. The van der Waals surface area contributed by atoms with Gasteiger partial charge in [-0.2, -0.15) is 0 Å². The molecule has 8 heteroatoms. The number of nitrogens with one attached hydrogen (secondary N) is 1. The van der Waals surface area contributed by atoms with Crippen LogP contribution in [0.3, 0.4) is 0 Å². The van der Waals surface area contributed by atoms with Crippen molar-refractivity contribution < 1.29 is 19.1 Å². The Morgan fingerprint density at radius 2 is 2.27 bits per heavy atom. The van der Waals surface area contributed by atoms with Crippen molar-refractivity contribution in [3.63, 3.8) is 0 Å². The number of hydrogen-bond donors (Lipinski definition) is 1. The van der Waals surface area contributed by atoms with Crippen molar-refractivity contribution >= 4 is 23.0 Å². The predicted molar refractivity (Wildman–Crippen MR) is 93.5 cm³/mol. The van der Waals surface area contributed by atoms with Gasteiger partial charge in [-0.05, 0) is 18.6 Å². The van der Waals surface area contributed by atoms with Gasteiger partial charge in [0.2, 0.25) is 5.91 Å². The second-order valence-corrected chi connectivity index (χ2v) is 7.12. The molecule has 0 aliphatic carbocycles. The van der Waals surface area contributed by atoms with E-state index in [1.54, 1.807) is 16.8 Å². The predicted octanol–water partition coefficient (Wildman–Crippen LogP) is 1.44. The topological polar surface area (TPSA) is 87.8 Å². The maximum Gasteiger partial charge on any atom is 0.410 e. The molecular formula is C18H22N4O4. The third kappa shape index (κ3) is 3.01. The van der Waals surface area contributed by atoms with Crippen LogP contribution in [0.4, 0.5) is 4.79 Å². The van der Waals surface area contributed by atoms with Crippen molar-refractivity contribution in [3.05, 3.63) is 29.6 Å². The van der Waals surface area contributed by atoms with Crippen molar-refractivity contribution in [3.8, 4) is 0 Å². The molecule has 0 bridgehead atoms. The van der Waals surface area contributed by atoms with Gasteiger partial charge in [0.15, 0.2) is 5.60 Å². The van der Waals surface area contributed by atoms with Crippen molar-refractivity contribution in [1.29, 1.82) is 0 Å². The van der Waals surface area contributed by atoms with E-state index in [0.717, 1.165) is 16.6 Å². The number of aromatic nitrogens is 2. The molecule has 1 N–H and O–H groups in total. The zero-order valence-corrected chi connectivity index (χ0v) is 14.9. The number of likely N-dealkylation sites (N-methyl/N-ethyl adjacent to an activating group) is 1. The molecule has 2 aliphatic rings. The number of fused-ring (bicyclic) bond motifs is 1. The van der Waals surface area contributed by atoms with Crippen LogP contribution in [0.2, 0.25) is 0 Å². The molecule has 1 aromatic heterocycles. The fourth-order valence-corrected chi connectivity index (χ4v) is 3.68. The Kier molecular flexibility index (Phi) is 4.07. The zero-order chi connectivity index (χ0) is 18.3. The van der Waals surface area contributed by atoms with Crippen LogP contribution in [0.25, 0.3) is 11.0 Å². The molecule has 8 nitrogen and oxygen atoms in total. The number of rotatable bonds is 4. The molecule has 2 aliphatic heterocycles. The number of likely N-dealkylation sites (tertiary alicyclic amines) is 1. The molecule has 2 fully saturated rings. The van der Waals surface area contributed by atoms with E-state index in [0.29, 0.717) is 31.9 Å². The van der Waals surface area contributed by atoms with Crippen LogP contribution in [0.15, 0.2) is 18.2 Å². The van der Waals surface area contributed by atoms with E-state index >= 15 is 0 Å². The maximum atomic E-state index is 12.4. The molecule has 3 heterocycles. The van der Waals surface area contributed by atoms with Crippen LogP contribution >= 0.6 is 0 Å². The lowest BCUT2D eigenvalue weighted by Crippen LogP contribution is -2.40. The number of aromatic amines is 1. The minimum atomic E-state index is -0.558. The quantitative estimate of drug-likeness (QED) is 0.894. The molecule has 4 rings (SSSR count). The van der Waals surface area contributed by atoms with Gasteiger partial charge >= 0.3 is 6.09 Å². The summed E-state index contributed by atoms with van der Waals surface area (Å²) in [7, 11) is 1.71. The Morgan fingerprint density at radius 1 is 1.42 bits per heavy atom. The van der Waals surface area contributed by atoms with Crippen LogP contribution in [-0.4, -0.2) is 70.7 Å². The molecule has 2 amide bonds. The van der Waals surface area contributed by atoms with Crippen LogP contribution in [0.1, 0.15) is 17.8 Å². The van der Waals surface area contributed by atoms with Gasteiger partial charge in [0.25, 0.3) is 0 Å². The van der Waals surface area contributed by atoms with Crippen LogP contribution < -0.4 is 0 Å². The fraction of sp³-hybridized carbons (Fsp3) is 0.500. The van der Waals surface area contributed by atoms with Crippen LogP contribution in [0.5, 0.6) is 0 Å². The lowest BCUT2D eigenvalue weighted by Gasteiger charge is -2.21. The number of ether oxygens (including phenoxy) is 2. The molecule has 0 saturated carbocycles. The minimum absolute atomic E-state index is 0.0180. The molecule has 0 radical (unpaired) electrons. The molecule has 138 valence electrons. The first-order chi connectivity index (χ1) is 12.5. The minimum Gasteiger partial charge on any atom is -0.439 e. The number of carbonyl (C=O) groups is 2. The molecule has 26 heavy (non-hydrogen) atoms. The Bertz CT molecular complexity index is 864. The standard InChI is InChI=1S/C18H22N4O4/c1-12-4-3-5-13-16(12)20-14(19-13)8-25-9-15(23)22-7-6-18(11-22)10-21(2)17(24)26-18/h3-5H,6-11H2,1-2H3,(H,19,20). The van der Waals surface area contributed by atoms with Gasteiger partial charge in [-0.25, -0.2) is 9.78 Å². The summed E-state index contributed by atoms with van der Waals surface area (Å²) in [5.41, 5.74) is 2.42. The summed E-state index contributed by atoms with van der Waals surface area (Å²) in [6, 6.07) is 5.95. The lowest BCUT2D eigenvalue weighted by atomic mass is 10.0. The highest BCUT2D eigenvalue weighted by Crippen LogP contribution is 2.31. The molecule has 2 aromatic rings. The monoisotopic (exact) mass is 358 g/mol. The third-order valence-electron chi connectivity index (χ3n) is 5.04. The molecule has 1 aromatic carbocycles. The summed E-state index contributed by atoms with van der Waals surface area (Å²) < 4.78 is 11.0. The average Bonchev–Trinajstić information content (AvgIpc) is 3.26. The van der Waals surface area contributed by atoms with Crippen molar-refractivity contribution in [2.75, 3.05) is 33.3 Å². The van der Waals surface area contributed by atoms with Gasteiger partial charge in [-0.3, -0.25) is 4.79 Å². The van der Waals surface area contributed by atoms with E-state index in [9.17, 15) is 9.59 Å². The number of para-hydroxylation sites is 1. The summed E-state index contributed by atoms with van der Waals surface area (Å²) >= 11 is 0. The first-order valence-corrected chi connectivity index (χ1v) is 8.70. The molecular weight excluding hydrogens is 336 g/mol. The van der Waals surface area contributed by atoms with Gasteiger partial charge < -0.3 is 24.3 Å². The largest absolute Gasteiger partial charge is 0.439 e. The highest BCUT2D eigenvalue weighted by molar-refractivity contribution is 5.79. The number of hydrogen-bond acceptors (Lipinski definition) is 5. The van der Waals surface area contributed by atoms with Crippen molar-refractivity contribution in [1.82, 2.24) is 19.8 Å². The fourth-order valence-electron chi connectivity index (χ4n) is 3.68. The molecule has 1 unspecified atom stereocenters. The second kappa shape index (κ2) is 6.28. The van der Waals surface area contributed by atoms with Gasteiger partial charge in [-0.1, -0.05) is 12.1 Å². The normalized spacial score (nSPS) is 22.6. The number of amides is 2. The SMILES string of the molecule is Cc1cccc2[nH]c(COCC(=O)N3CCC4(CN(C)C(=O)O4)C3)nc12. The number of nitrogens with zero attached hydrogens (tertiary/aromatic N) is 3. The Hall–Kier alpha value is -2.61. The summed E-state index contributed by atoms with van der Waals surface area (Å²) in [5, 5.41) is 0. The Labute approximate surface area is 151 Å². The molecule has 1 atom stereocenters. The van der Waals surface area contributed by atoms with E-state index in [1.807, 2.05) is 25.1 Å². The Balaban J connectivity index is 1.30. The third-order valence-corrected chi connectivity index (χ3v) is 5.04. The summed E-state index contributed by atoms with van der Waals surface area (Å²) in [5.74, 6) is 0.603. The Morgan fingerprint density at radius 3 is 3.00 bits per heavy atom. The van der Waals surface area contributed by atoms with Gasteiger partial charge in [-0.15, -0.1) is 0 Å². The zero-order valence-electron chi connectivity index (χ0n) is 14.9. The highest BCUT2D eigenvalue weighted by Gasteiger charge is 2.49. The van der Waals surface area contributed by atoms with E-state index in [2.05, 4.69) is 9.97 Å². The van der Waals surface area contributed by atoms with Gasteiger partial charge in [0, 0.05) is 20.0 Å². The van der Waals surface area contributed by atoms with E-state index in [1.165, 1.54) is 0 Å². The first kappa shape index (κ1) is 16.8. The average molecular weight is 358 g/mol. The number of H-pyrrole nitrogens is 1. The summed E-state index contributed by atoms with van der Waals surface area (Å²) in [6.45, 7) is 3.76. The van der Waals surface area contributed by atoms with E-state index < -0.39 is 5.60 Å². The number of benzene rings is 1. The molecule has 2 saturated heterocycles. The van der Waals surface area contributed by atoms with Gasteiger partial charge in [0.05, 0.1) is 24.1 Å². The summed E-state index contributed by atoms with van der Waals surface area (Å²) in [4.78, 5) is 35.0. The van der Waals surface area contributed by atoms with Crippen molar-refractivity contribution in [2.24, 2.45) is 0 Å². The highest BCUT2D eigenvalue weighted by atomic mass is 16.6. The van der Waals surface area contributed by atoms with Crippen molar-refractivity contribution in [2.45, 2.75) is 25.6 Å². The van der Waals surface area contributed by atoms with E-state index in [-0.39, 0.29) is 25.2 Å². The lowest BCUT2D eigenvalue weighted by molar-refractivity contribution is -0.136. The smallest absolute Gasteiger partial charge is 0.410 e. The number of imidazole rings is 1. The van der Waals surface area contributed by atoms with E-state index in [4.69, 9.17) is 9.47 Å². The first-order valence-electron chi connectivity index (χ1n) is 8.70. The number of carbonyl (C=O) groups excluding carboxylic acids is 2. The second-order valence-electron chi connectivity index (χ2n) is 7.12. The number of aryl methyl sites for hydroxylation is 1. The van der Waals surface area contributed by atoms with Gasteiger partial charge in [0.1, 0.15) is 19.0 Å². The summed E-state index contributed by atoms with van der Waals surface area (Å²) in [6.07, 6.45) is 0.341. The maximum absolute atomic E-state index is 12.4. The van der Waals surface area contributed by atoms with Crippen LogP contribution in [-0.2, 0) is 20.9 Å². The van der Waals surface area contributed by atoms with Crippen LogP contribution in [0, 0.1) is 6.92 Å².